The van der Waals surface area contributed by atoms with Crippen LogP contribution >= 0.6 is 11.8 Å². The molecule has 0 atom stereocenters. The average molecular weight is 315 g/mol. The summed E-state index contributed by atoms with van der Waals surface area (Å²) in [6.07, 6.45) is 4.22. The zero-order chi connectivity index (χ0) is 14.8. The third-order valence-electron chi connectivity index (χ3n) is 2.67. The Labute approximate surface area is 121 Å². The van der Waals surface area contributed by atoms with Crippen LogP contribution in [0.25, 0.3) is 17.0 Å². The van der Waals surface area contributed by atoms with Gasteiger partial charge in [0.2, 0.25) is 0 Å². The number of thioether (sulfide) groups is 1. The minimum Gasteiger partial charge on any atom is -0.222 e. The molecule has 20 heavy (non-hydrogen) atoms. The molecule has 106 valence electrons. The molecule has 1 aliphatic heterocycles. The first kappa shape index (κ1) is 15.2. The van der Waals surface area contributed by atoms with E-state index in [2.05, 4.69) is 31.2 Å². The average Bonchev–Trinajstić information content (AvgIpc) is 2.37. The van der Waals surface area contributed by atoms with Crippen LogP contribution < -0.4 is 18.6 Å². The molecule has 5 nitrogen and oxygen atoms in total. The maximum absolute atomic E-state index is 8.49. The molecule has 0 amide bonds. The highest BCUT2D eigenvalue weighted by atomic mass is 35.7. The lowest BCUT2D eigenvalue weighted by atomic mass is 10.1. The van der Waals surface area contributed by atoms with Gasteiger partial charge < -0.3 is 0 Å². The molecular formula is C13H11ClO5S. The van der Waals surface area contributed by atoms with Gasteiger partial charge in [-0.25, -0.2) is 23.1 Å². The van der Waals surface area contributed by atoms with Gasteiger partial charge in [-0.1, -0.05) is 18.2 Å². The van der Waals surface area contributed by atoms with E-state index in [0.717, 1.165) is 17.1 Å². The zero-order valence-electron chi connectivity index (χ0n) is 10.5. The predicted octanol–water partition coefficient (Wildman–Crippen LogP) is -0.615. The van der Waals surface area contributed by atoms with Crippen LogP contribution in [0.15, 0.2) is 39.7 Å². The summed E-state index contributed by atoms with van der Waals surface area (Å²) in [5.41, 5.74) is 2.31. The van der Waals surface area contributed by atoms with Gasteiger partial charge in [0.05, 0.1) is 5.39 Å². The van der Waals surface area contributed by atoms with Gasteiger partial charge in [0.15, 0.2) is 0 Å². The van der Waals surface area contributed by atoms with Crippen molar-refractivity contribution in [3.05, 3.63) is 41.7 Å². The smallest absolute Gasteiger partial charge is 0.222 e. The topological polar surface area (TPSA) is 104 Å². The van der Waals surface area contributed by atoms with Gasteiger partial charge in [-0.2, -0.15) is 0 Å². The fraction of sp³-hybridized carbons (Fsp3) is 0.154. The van der Waals surface area contributed by atoms with Crippen molar-refractivity contribution in [3.8, 4) is 0 Å². The minimum absolute atomic E-state index is 0.973. The number of hydrogen-bond acceptors (Lipinski definition) is 5. The Morgan fingerprint density at radius 2 is 1.80 bits per heavy atom. The van der Waals surface area contributed by atoms with Crippen LogP contribution in [0.1, 0.15) is 11.3 Å². The first-order chi connectivity index (χ1) is 9.36. The molecule has 0 saturated carbocycles. The van der Waals surface area contributed by atoms with Crippen molar-refractivity contribution in [1.29, 1.82) is 0 Å². The summed E-state index contributed by atoms with van der Waals surface area (Å²) in [4.78, 5) is 1.29. The number of para-hydroxylation sites is 1. The van der Waals surface area contributed by atoms with Crippen molar-refractivity contribution in [2.45, 2.75) is 11.8 Å². The Balaban J connectivity index is 0.000000257. The van der Waals surface area contributed by atoms with Crippen molar-refractivity contribution in [1.82, 2.24) is 0 Å². The molecule has 0 spiro atoms. The summed E-state index contributed by atoms with van der Waals surface area (Å²) in [5, 5.41) is 1.22. The van der Waals surface area contributed by atoms with E-state index in [1.165, 1.54) is 15.8 Å². The Morgan fingerprint density at radius 3 is 2.50 bits per heavy atom. The van der Waals surface area contributed by atoms with E-state index in [1.54, 1.807) is 0 Å². The first-order valence-corrected chi connectivity index (χ1v) is 7.85. The number of halogens is 1. The predicted molar refractivity (Wildman–Crippen MR) is 65.1 cm³/mol. The molecule has 7 heteroatoms. The van der Waals surface area contributed by atoms with Crippen LogP contribution in [0.3, 0.4) is 0 Å². The zero-order valence-corrected chi connectivity index (χ0v) is 12.1. The van der Waals surface area contributed by atoms with Crippen molar-refractivity contribution in [3.63, 3.8) is 0 Å². The van der Waals surface area contributed by atoms with Crippen molar-refractivity contribution in [2.24, 2.45) is 0 Å². The number of benzene rings is 1. The highest BCUT2D eigenvalue weighted by molar-refractivity contribution is 7.99. The quantitative estimate of drug-likeness (QED) is 0.601. The van der Waals surface area contributed by atoms with E-state index in [0.29, 0.717) is 0 Å². The van der Waals surface area contributed by atoms with E-state index in [-0.39, 0.29) is 0 Å². The third-order valence-corrected chi connectivity index (χ3v) is 3.82. The fourth-order valence-electron chi connectivity index (χ4n) is 1.91. The molecule has 1 aromatic carbocycles. The second-order valence-electron chi connectivity index (χ2n) is 4.01. The largest absolute Gasteiger partial charge is 0.367 e. The van der Waals surface area contributed by atoms with Gasteiger partial charge in [0.25, 0.3) is 0 Å². The molecule has 2 heterocycles. The highest BCUT2D eigenvalue weighted by Crippen LogP contribution is 2.35. The van der Waals surface area contributed by atoms with Crippen molar-refractivity contribution >= 4 is 28.8 Å². The molecule has 0 unspecified atom stereocenters. The molecule has 1 aromatic heterocycles. The van der Waals surface area contributed by atoms with Crippen LogP contribution in [-0.2, 0) is 0 Å². The van der Waals surface area contributed by atoms with Crippen molar-refractivity contribution < 1.29 is 33.3 Å². The van der Waals surface area contributed by atoms with Crippen LogP contribution in [0.4, 0.5) is 0 Å². The van der Waals surface area contributed by atoms with E-state index in [9.17, 15) is 0 Å². The number of fused-ring (bicyclic) bond motifs is 2. The summed E-state index contributed by atoms with van der Waals surface area (Å²) < 4.78 is 39.8. The maximum atomic E-state index is 8.49. The molecule has 2 aromatic rings. The SMILES string of the molecule is Cc1c2c([o+]c3ccccc13)C=CCS2.[O-][Cl+3]([O-])([O-])[O-]. The number of hydrogen-bond donors (Lipinski definition) is 0. The van der Waals surface area contributed by atoms with Crippen LogP contribution in [0.5, 0.6) is 0 Å². The van der Waals surface area contributed by atoms with E-state index >= 15 is 0 Å². The minimum atomic E-state index is -4.94. The van der Waals surface area contributed by atoms with E-state index in [1.807, 2.05) is 23.9 Å². The Hall–Kier alpha value is -1.15. The van der Waals surface area contributed by atoms with Crippen LogP contribution in [-0.4, -0.2) is 5.75 Å². The molecule has 3 rings (SSSR count). The third kappa shape index (κ3) is 3.92. The summed E-state index contributed by atoms with van der Waals surface area (Å²) in [6.45, 7) is 2.17. The molecular weight excluding hydrogens is 304 g/mol. The number of aryl methyl sites for hydroxylation is 1. The monoisotopic (exact) mass is 314 g/mol. The van der Waals surface area contributed by atoms with Crippen LogP contribution in [0, 0.1) is 17.2 Å². The second kappa shape index (κ2) is 6.09. The van der Waals surface area contributed by atoms with Gasteiger partial charge in [-0.3, -0.25) is 0 Å². The Morgan fingerprint density at radius 1 is 1.15 bits per heavy atom. The lowest BCUT2D eigenvalue weighted by Gasteiger charge is -2.17. The molecule has 0 N–H and O–H groups in total. The maximum Gasteiger partial charge on any atom is 0.367 e. The molecule has 1 aliphatic rings. The highest BCUT2D eigenvalue weighted by Gasteiger charge is 2.22. The standard InChI is InChI=1S/C13H11OS.ClHO4/c1-9-10-5-2-3-6-11(10)14-12-7-4-8-15-13(9)12;2-1(3,4)5/h2-7H,8H2,1H3;(H,2,3,4,5)/q+1;/p-1. The van der Waals surface area contributed by atoms with Crippen LogP contribution in [0.2, 0.25) is 0 Å². The number of rotatable bonds is 0. The summed E-state index contributed by atoms with van der Waals surface area (Å²) in [7, 11) is -4.94. The Kier molecular flexibility index (Phi) is 4.64. The first-order valence-electron chi connectivity index (χ1n) is 5.63. The normalized spacial score (nSPS) is 13.7. The van der Waals surface area contributed by atoms with Crippen molar-refractivity contribution in [2.75, 3.05) is 5.75 Å². The summed E-state index contributed by atoms with van der Waals surface area (Å²) >= 11 is 1.85. The molecule has 0 fully saturated rings. The fourth-order valence-corrected chi connectivity index (χ4v) is 2.85. The lowest BCUT2D eigenvalue weighted by Crippen LogP contribution is -2.68. The molecule has 0 radical (unpaired) electrons. The van der Waals surface area contributed by atoms with Gasteiger partial charge in [0, 0.05) is 17.9 Å². The van der Waals surface area contributed by atoms with Gasteiger partial charge in [-0.15, -0.1) is 22.0 Å². The van der Waals surface area contributed by atoms with Gasteiger partial charge >= 0.3 is 11.3 Å². The Bertz CT molecular complexity index is 645. The summed E-state index contributed by atoms with van der Waals surface area (Å²) in [6, 6.07) is 8.21. The molecule has 0 aliphatic carbocycles. The second-order valence-corrected chi connectivity index (χ2v) is 5.79. The molecule has 0 saturated heterocycles. The lowest BCUT2D eigenvalue weighted by molar-refractivity contribution is -2.00. The van der Waals surface area contributed by atoms with Gasteiger partial charge in [0.1, 0.15) is 4.90 Å². The van der Waals surface area contributed by atoms with E-state index in [4.69, 9.17) is 23.1 Å². The van der Waals surface area contributed by atoms with E-state index < -0.39 is 10.2 Å². The van der Waals surface area contributed by atoms with Gasteiger partial charge in [-0.05, 0) is 18.6 Å². The summed E-state index contributed by atoms with van der Waals surface area (Å²) in [5.74, 6) is 2.05. The molecule has 0 bridgehead atoms.